The number of ether oxygens (including phenoxy) is 1. The summed E-state index contributed by atoms with van der Waals surface area (Å²) >= 11 is 6.02. The Hall–Kier alpha value is -0.730. The number of nitrogens with two attached hydrogens (primary N) is 1. The third-order valence-electron chi connectivity index (χ3n) is 3.96. The van der Waals surface area contributed by atoms with Crippen LogP contribution in [0.1, 0.15) is 38.2 Å². The zero-order valence-electron chi connectivity index (χ0n) is 11.2. The molecule has 1 fully saturated rings. The Labute approximate surface area is 114 Å². The molecule has 3 unspecified atom stereocenters. The Morgan fingerprint density at radius 3 is 2.89 bits per heavy atom. The van der Waals surface area contributed by atoms with E-state index in [0.29, 0.717) is 5.02 Å². The fourth-order valence-electron chi connectivity index (χ4n) is 2.61. The first-order chi connectivity index (χ1) is 8.60. The quantitative estimate of drug-likeness (QED) is 0.901. The highest BCUT2D eigenvalue weighted by atomic mass is 35.5. The summed E-state index contributed by atoms with van der Waals surface area (Å²) < 4.78 is 6.10. The van der Waals surface area contributed by atoms with Crippen LogP contribution in [0.3, 0.4) is 0 Å². The Morgan fingerprint density at radius 1 is 1.39 bits per heavy atom. The fourth-order valence-corrected chi connectivity index (χ4v) is 2.77. The molecule has 18 heavy (non-hydrogen) atoms. The average Bonchev–Trinajstić information content (AvgIpc) is 2.36. The molecule has 1 aliphatic carbocycles. The summed E-state index contributed by atoms with van der Waals surface area (Å²) in [6, 6.07) is 5.91. The number of aryl methyl sites for hydroxylation is 1. The zero-order valence-corrected chi connectivity index (χ0v) is 11.9. The third-order valence-corrected chi connectivity index (χ3v) is 4.19. The predicted octanol–water partition coefficient (Wildman–Crippen LogP) is 3.93. The van der Waals surface area contributed by atoms with Crippen LogP contribution < -0.4 is 10.5 Å². The Bertz CT molecular complexity index is 407. The molecule has 3 atom stereocenters. The van der Waals surface area contributed by atoms with E-state index in [4.69, 9.17) is 22.1 Å². The summed E-state index contributed by atoms with van der Waals surface area (Å²) in [5.41, 5.74) is 7.29. The Morgan fingerprint density at radius 2 is 2.17 bits per heavy atom. The van der Waals surface area contributed by atoms with Crippen molar-refractivity contribution >= 4 is 11.6 Å². The van der Waals surface area contributed by atoms with E-state index < -0.39 is 0 Å². The second-order valence-electron chi connectivity index (χ2n) is 5.32. The van der Waals surface area contributed by atoms with Crippen molar-refractivity contribution in [3.05, 3.63) is 28.8 Å². The molecule has 3 heteroatoms. The van der Waals surface area contributed by atoms with Gasteiger partial charge in [-0.3, -0.25) is 0 Å². The van der Waals surface area contributed by atoms with Crippen LogP contribution in [0.4, 0.5) is 0 Å². The fraction of sp³-hybridized carbons (Fsp3) is 0.600. The minimum absolute atomic E-state index is 0.126. The summed E-state index contributed by atoms with van der Waals surface area (Å²) in [7, 11) is 0. The van der Waals surface area contributed by atoms with Gasteiger partial charge in [-0.1, -0.05) is 31.0 Å². The van der Waals surface area contributed by atoms with E-state index in [0.717, 1.165) is 30.1 Å². The highest BCUT2D eigenvalue weighted by Crippen LogP contribution is 2.31. The van der Waals surface area contributed by atoms with Gasteiger partial charge >= 0.3 is 0 Å². The molecule has 1 aromatic rings. The van der Waals surface area contributed by atoms with Gasteiger partial charge in [0.2, 0.25) is 0 Å². The highest BCUT2D eigenvalue weighted by Gasteiger charge is 2.29. The maximum atomic E-state index is 6.17. The van der Waals surface area contributed by atoms with Gasteiger partial charge in [-0.25, -0.2) is 0 Å². The normalized spacial score (nSPS) is 28.1. The molecule has 0 spiro atoms. The standard InChI is InChI=1S/C15H22ClNO/c1-3-11-5-7-13(17)15(8-11)18-14-9-12(16)6-4-10(14)2/h4,6,9,11,13,15H,3,5,7-8,17H2,1-2H3. The van der Waals surface area contributed by atoms with E-state index >= 15 is 0 Å². The van der Waals surface area contributed by atoms with Crippen molar-refractivity contribution < 1.29 is 4.74 Å². The molecule has 1 aliphatic rings. The maximum absolute atomic E-state index is 6.17. The van der Waals surface area contributed by atoms with Crippen LogP contribution in [0, 0.1) is 12.8 Å². The molecule has 0 saturated heterocycles. The van der Waals surface area contributed by atoms with Crippen molar-refractivity contribution in [2.24, 2.45) is 11.7 Å². The molecule has 0 bridgehead atoms. The molecule has 2 rings (SSSR count). The smallest absolute Gasteiger partial charge is 0.124 e. The molecule has 0 aliphatic heterocycles. The topological polar surface area (TPSA) is 35.2 Å². The lowest BCUT2D eigenvalue weighted by atomic mass is 9.83. The van der Waals surface area contributed by atoms with Crippen molar-refractivity contribution in [1.29, 1.82) is 0 Å². The number of hydrogen-bond donors (Lipinski definition) is 1. The highest BCUT2D eigenvalue weighted by molar-refractivity contribution is 6.30. The number of halogens is 1. The predicted molar refractivity (Wildman–Crippen MR) is 76.2 cm³/mol. The summed E-state index contributed by atoms with van der Waals surface area (Å²) in [6.45, 7) is 4.28. The van der Waals surface area contributed by atoms with Gasteiger partial charge in [-0.2, -0.15) is 0 Å². The van der Waals surface area contributed by atoms with Crippen LogP contribution in [-0.4, -0.2) is 12.1 Å². The lowest BCUT2D eigenvalue weighted by Gasteiger charge is -2.34. The average molecular weight is 268 g/mol. The van der Waals surface area contributed by atoms with Crippen molar-refractivity contribution in [3.63, 3.8) is 0 Å². The molecule has 0 amide bonds. The molecular weight excluding hydrogens is 246 g/mol. The van der Waals surface area contributed by atoms with Crippen molar-refractivity contribution in [3.8, 4) is 5.75 Å². The minimum atomic E-state index is 0.126. The van der Waals surface area contributed by atoms with E-state index in [1.165, 1.54) is 12.8 Å². The third kappa shape index (κ3) is 3.18. The maximum Gasteiger partial charge on any atom is 0.124 e. The van der Waals surface area contributed by atoms with E-state index in [1.807, 2.05) is 25.1 Å². The van der Waals surface area contributed by atoms with Crippen LogP contribution in [0.15, 0.2) is 18.2 Å². The zero-order chi connectivity index (χ0) is 13.1. The second-order valence-corrected chi connectivity index (χ2v) is 5.75. The van der Waals surface area contributed by atoms with E-state index in [1.54, 1.807) is 0 Å². The van der Waals surface area contributed by atoms with Crippen molar-refractivity contribution in [2.45, 2.75) is 51.7 Å². The molecular formula is C15H22ClNO. The summed E-state index contributed by atoms with van der Waals surface area (Å²) in [4.78, 5) is 0. The van der Waals surface area contributed by atoms with Crippen LogP contribution in [0.5, 0.6) is 5.75 Å². The Balaban J connectivity index is 2.09. The van der Waals surface area contributed by atoms with Crippen LogP contribution >= 0.6 is 11.6 Å². The minimum Gasteiger partial charge on any atom is -0.488 e. The molecule has 1 aromatic carbocycles. The first-order valence-electron chi connectivity index (χ1n) is 6.78. The van der Waals surface area contributed by atoms with Crippen LogP contribution in [0.25, 0.3) is 0 Å². The number of benzene rings is 1. The van der Waals surface area contributed by atoms with Gasteiger partial charge in [0.05, 0.1) is 0 Å². The number of hydrogen-bond acceptors (Lipinski definition) is 2. The first kappa shape index (κ1) is 13.7. The van der Waals surface area contributed by atoms with Crippen molar-refractivity contribution in [1.82, 2.24) is 0 Å². The molecule has 0 aromatic heterocycles. The molecule has 100 valence electrons. The SMILES string of the molecule is CCC1CCC(N)C(Oc2cc(Cl)ccc2C)C1. The van der Waals surface area contributed by atoms with Gasteiger partial charge in [0.15, 0.2) is 0 Å². The van der Waals surface area contributed by atoms with E-state index in [9.17, 15) is 0 Å². The second kappa shape index (κ2) is 5.94. The van der Waals surface area contributed by atoms with Gasteiger partial charge in [0.25, 0.3) is 0 Å². The summed E-state index contributed by atoms with van der Waals surface area (Å²) in [5.74, 6) is 1.62. The van der Waals surface area contributed by atoms with Crippen LogP contribution in [0.2, 0.25) is 5.02 Å². The molecule has 0 heterocycles. The van der Waals surface area contributed by atoms with Crippen LogP contribution in [-0.2, 0) is 0 Å². The number of rotatable bonds is 3. The molecule has 1 saturated carbocycles. The van der Waals surface area contributed by atoms with Gasteiger partial charge in [0.1, 0.15) is 11.9 Å². The molecule has 0 radical (unpaired) electrons. The van der Waals surface area contributed by atoms with E-state index in [-0.39, 0.29) is 12.1 Å². The molecule has 2 nitrogen and oxygen atoms in total. The van der Waals surface area contributed by atoms with Gasteiger partial charge in [0, 0.05) is 11.1 Å². The van der Waals surface area contributed by atoms with Crippen molar-refractivity contribution in [2.75, 3.05) is 0 Å². The first-order valence-corrected chi connectivity index (χ1v) is 7.16. The monoisotopic (exact) mass is 267 g/mol. The summed E-state index contributed by atoms with van der Waals surface area (Å²) in [6.07, 6.45) is 4.68. The van der Waals surface area contributed by atoms with Gasteiger partial charge < -0.3 is 10.5 Å². The lowest BCUT2D eigenvalue weighted by Crippen LogP contribution is -2.43. The van der Waals surface area contributed by atoms with Gasteiger partial charge in [-0.15, -0.1) is 0 Å². The summed E-state index contributed by atoms with van der Waals surface area (Å²) in [5, 5.41) is 0.715. The largest absolute Gasteiger partial charge is 0.488 e. The molecule has 2 N–H and O–H groups in total. The van der Waals surface area contributed by atoms with Gasteiger partial charge in [-0.05, 0) is 49.8 Å². The lowest BCUT2D eigenvalue weighted by molar-refractivity contribution is 0.100. The van der Waals surface area contributed by atoms with E-state index in [2.05, 4.69) is 6.92 Å². The Kier molecular flexibility index (Phi) is 4.52.